The zero-order valence-corrected chi connectivity index (χ0v) is 10.0. The van der Waals surface area contributed by atoms with E-state index < -0.39 is 15.3 Å². The molecule has 0 aliphatic carbocycles. The van der Waals surface area contributed by atoms with E-state index in [0.717, 1.165) is 0 Å². The minimum atomic E-state index is -3.89. The number of rotatable bonds is 4. The number of nitrogens with one attached hydrogen (secondary N) is 1. The molecule has 92 valence electrons. The first-order valence-electron chi connectivity index (χ1n) is 3.55. The number of nitrogens with two attached hydrogens (primary N) is 1. The topological polar surface area (TPSA) is 133 Å². The van der Waals surface area contributed by atoms with Gasteiger partial charge in [-0.2, -0.15) is 8.42 Å². The third kappa shape index (κ3) is 36.7. The molecule has 0 atom stereocenters. The molecule has 0 aliphatic rings. The van der Waals surface area contributed by atoms with Crippen LogP contribution in [-0.4, -0.2) is 75.4 Å². The van der Waals surface area contributed by atoms with Crippen molar-refractivity contribution in [2.24, 2.45) is 5.73 Å². The Kier molecular flexibility index (Phi) is 15.9. The summed E-state index contributed by atoms with van der Waals surface area (Å²) in [6.07, 6.45) is 0.208. The van der Waals surface area contributed by atoms with Gasteiger partial charge in [-0.1, -0.05) is 0 Å². The molecular formula is C5H13N2NaO5S3. The molecule has 7 nitrogen and oxygen atoms in total. The first-order valence-corrected chi connectivity index (χ1v) is 5.98. The van der Waals surface area contributed by atoms with Gasteiger partial charge in [0, 0.05) is 6.54 Å². The van der Waals surface area contributed by atoms with Crippen LogP contribution in [0.1, 0.15) is 6.42 Å². The van der Waals surface area contributed by atoms with Gasteiger partial charge in [-0.15, -0.1) is 0 Å². The Morgan fingerprint density at radius 1 is 1.31 bits per heavy atom. The zero-order valence-electron chi connectivity index (χ0n) is 7.58. The van der Waals surface area contributed by atoms with Crippen molar-refractivity contribution in [1.29, 1.82) is 0 Å². The summed E-state index contributed by atoms with van der Waals surface area (Å²) in [6, 6.07) is 0. The molecule has 6 N–H and O–H groups in total. The Morgan fingerprint density at radius 3 is 1.94 bits per heavy atom. The van der Waals surface area contributed by atoms with Gasteiger partial charge in [0.25, 0.3) is 20.5 Å². The SMILES string of the molecule is NC(O)=S.O=S(=O)(O)CCCNC(O)=S.[NaH]. The molecule has 0 aromatic heterocycles. The van der Waals surface area contributed by atoms with Crippen molar-refractivity contribution in [3.63, 3.8) is 0 Å². The fraction of sp³-hybridized carbons (Fsp3) is 0.600. The molecule has 0 fully saturated rings. The van der Waals surface area contributed by atoms with Crippen molar-refractivity contribution >= 4 is 74.5 Å². The average Bonchev–Trinajstić information content (AvgIpc) is 1.95. The van der Waals surface area contributed by atoms with Crippen molar-refractivity contribution in [2.75, 3.05) is 12.3 Å². The predicted molar refractivity (Wildman–Crippen MR) is 70.8 cm³/mol. The molecule has 0 aromatic rings. The van der Waals surface area contributed by atoms with Crippen molar-refractivity contribution in [3.05, 3.63) is 0 Å². The predicted octanol–water partition coefficient (Wildman–Crippen LogP) is -1.16. The number of thiocarbonyl (C=S) groups is 2. The zero-order chi connectivity index (χ0) is 12.5. The third-order valence-corrected chi connectivity index (χ3v) is 1.80. The Balaban J connectivity index is -0.000000292. The summed E-state index contributed by atoms with van der Waals surface area (Å²) in [7, 11) is -3.89. The van der Waals surface area contributed by atoms with E-state index >= 15 is 0 Å². The van der Waals surface area contributed by atoms with Crippen LogP contribution in [0.2, 0.25) is 0 Å². The van der Waals surface area contributed by atoms with E-state index in [-0.39, 0.29) is 53.5 Å². The van der Waals surface area contributed by atoms with Crippen LogP contribution < -0.4 is 11.1 Å². The summed E-state index contributed by atoms with van der Waals surface area (Å²) in [5, 5.41) is 17.4. The fourth-order valence-corrected chi connectivity index (χ4v) is 1.06. The summed E-state index contributed by atoms with van der Waals surface area (Å²) < 4.78 is 28.4. The number of aliphatic hydroxyl groups excluding tert-OH is 2. The molecule has 0 saturated heterocycles. The van der Waals surface area contributed by atoms with Crippen molar-refractivity contribution < 1.29 is 23.2 Å². The maximum atomic E-state index is 10.1. The normalized spacial score (nSPS) is 9.06. The van der Waals surface area contributed by atoms with E-state index in [4.69, 9.17) is 14.8 Å². The van der Waals surface area contributed by atoms with E-state index in [9.17, 15) is 8.42 Å². The summed E-state index contributed by atoms with van der Waals surface area (Å²) in [4.78, 5) is 0. The number of hydrogen-bond donors (Lipinski definition) is 5. The van der Waals surface area contributed by atoms with Crippen LogP contribution in [0.15, 0.2) is 0 Å². The first-order chi connectivity index (χ1) is 6.65. The van der Waals surface area contributed by atoms with Crippen LogP contribution in [0.3, 0.4) is 0 Å². The number of aliphatic hydroxyl groups is 2. The molecule has 11 heteroatoms. The van der Waals surface area contributed by atoms with Crippen molar-refractivity contribution in [3.8, 4) is 0 Å². The second kappa shape index (κ2) is 11.8. The van der Waals surface area contributed by atoms with Crippen LogP contribution in [-0.2, 0) is 10.1 Å². The maximum absolute atomic E-state index is 10.1. The Hall–Kier alpha value is 0.290. The van der Waals surface area contributed by atoms with Gasteiger partial charge in [0.05, 0.1) is 5.75 Å². The van der Waals surface area contributed by atoms with Gasteiger partial charge in [-0.25, -0.2) is 0 Å². The molecule has 0 radical (unpaired) electrons. The van der Waals surface area contributed by atoms with E-state index in [2.05, 4.69) is 35.5 Å². The van der Waals surface area contributed by atoms with Crippen LogP contribution in [0.5, 0.6) is 0 Å². The molecule has 0 saturated carbocycles. The van der Waals surface area contributed by atoms with Crippen LogP contribution in [0.25, 0.3) is 0 Å². The molecule has 0 unspecified atom stereocenters. The van der Waals surface area contributed by atoms with E-state index in [0.29, 0.717) is 0 Å². The van der Waals surface area contributed by atoms with Gasteiger partial charge >= 0.3 is 29.6 Å². The van der Waals surface area contributed by atoms with Crippen LogP contribution >= 0.6 is 24.4 Å². The first kappa shape index (κ1) is 21.6. The molecule has 0 aromatic carbocycles. The molecule has 0 bridgehead atoms. The minimum absolute atomic E-state index is 0. The monoisotopic (exact) mass is 300 g/mol. The quantitative estimate of drug-likeness (QED) is 0.188. The van der Waals surface area contributed by atoms with Gasteiger partial charge in [0.2, 0.25) is 0 Å². The summed E-state index contributed by atoms with van der Waals surface area (Å²) in [5.74, 6) is -0.331. The number of hydrogen-bond acceptors (Lipinski definition) is 4. The summed E-state index contributed by atoms with van der Waals surface area (Å²) >= 11 is 8.11. The van der Waals surface area contributed by atoms with Gasteiger partial charge in [-0.05, 0) is 30.9 Å². The average molecular weight is 300 g/mol. The molecular weight excluding hydrogens is 287 g/mol. The van der Waals surface area contributed by atoms with Crippen LogP contribution in [0.4, 0.5) is 0 Å². The Morgan fingerprint density at radius 2 is 1.69 bits per heavy atom. The molecule has 0 amide bonds. The van der Waals surface area contributed by atoms with E-state index in [1.807, 2.05) is 0 Å². The second-order valence-corrected chi connectivity index (χ2v) is 4.59. The Bertz CT molecular complexity index is 303. The van der Waals surface area contributed by atoms with Gasteiger partial charge in [-0.3, -0.25) is 4.55 Å². The molecule has 0 spiro atoms. The second-order valence-electron chi connectivity index (χ2n) is 2.21. The molecule has 0 aliphatic heterocycles. The molecule has 0 rings (SSSR count). The van der Waals surface area contributed by atoms with Crippen molar-refractivity contribution in [2.45, 2.75) is 6.42 Å². The van der Waals surface area contributed by atoms with E-state index in [1.54, 1.807) is 0 Å². The van der Waals surface area contributed by atoms with Gasteiger partial charge in [0.15, 0.2) is 0 Å². The summed E-state index contributed by atoms with van der Waals surface area (Å²) in [6.45, 7) is 0.231. The Labute approximate surface area is 126 Å². The van der Waals surface area contributed by atoms with Gasteiger partial charge in [0.1, 0.15) is 0 Å². The standard InChI is InChI=1S/C4H9NO4S2.CH3NOS.Na.H/c6-4(10)5-2-1-3-11(7,8)9;2-1(3)4;;/h1-3H2,(H2,5,6,10)(H,7,8,9);(H3,2,3,4);;. The summed E-state index contributed by atoms with van der Waals surface area (Å²) in [5.41, 5.74) is 4.40. The molecule has 16 heavy (non-hydrogen) atoms. The van der Waals surface area contributed by atoms with E-state index in [1.165, 1.54) is 0 Å². The third-order valence-electron chi connectivity index (χ3n) is 0.855. The van der Waals surface area contributed by atoms with Crippen molar-refractivity contribution in [1.82, 2.24) is 5.32 Å². The molecule has 0 heterocycles. The van der Waals surface area contributed by atoms with Crippen LogP contribution in [0, 0.1) is 0 Å². The fourth-order valence-electron chi connectivity index (χ4n) is 0.450. The van der Waals surface area contributed by atoms with Gasteiger partial charge < -0.3 is 21.3 Å².